The van der Waals surface area contributed by atoms with Crippen molar-refractivity contribution in [2.24, 2.45) is 5.10 Å². The van der Waals surface area contributed by atoms with E-state index < -0.39 is 17.8 Å². The van der Waals surface area contributed by atoms with Crippen molar-refractivity contribution in [3.8, 4) is 11.5 Å². The van der Waals surface area contributed by atoms with Gasteiger partial charge in [-0.05, 0) is 61.4 Å². The number of amides is 2. The molecule has 30 heavy (non-hydrogen) atoms. The van der Waals surface area contributed by atoms with Gasteiger partial charge in [-0.25, -0.2) is 10.2 Å². The van der Waals surface area contributed by atoms with E-state index in [1.165, 1.54) is 18.3 Å². The molecule has 0 unspecified atom stereocenters. The largest absolute Gasteiger partial charge is 0.494 e. The number of benzene rings is 2. The molecule has 0 saturated carbocycles. The highest BCUT2D eigenvalue weighted by Crippen LogP contribution is 2.20. The Hall–Kier alpha value is -3.88. The average molecular weight is 413 g/mol. The lowest BCUT2D eigenvalue weighted by Crippen LogP contribution is -2.32. The number of ether oxygens (including phenoxy) is 2. The van der Waals surface area contributed by atoms with Crippen LogP contribution in [0, 0.1) is 0 Å². The molecule has 2 aromatic rings. The number of nitrogens with one attached hydrogen (secondary N) is 2. The average Bonchev–Trinajstić information content (AvgIpc) is 2.74. The van der Waals surface area contributed by atoms with Gasteiger partial charge in [-0.3, -0.25) is 9.59 Å². The van der Waals surface area contributed by atoms with E-state index in [0.29, 0.717) is 30.2 Å². The van der Waals surface area contributed by atoms with E-state index in [2.05, 4.69) is 15.8 Å². The number of nitrogens with zero attached hydrogens (tertiary/aromatic N) is 1. The number of hydrogen-bond acceptors (Lipinski definition) is 6. The van der Waals surface area contributed by atoms with E-state index in [0.717, 1.165) is 6.42 Å². The minimum Gasteiger partial charge on any atom is -0.494 e. The molecular formula is C21H23N3O6. The Balaban J connectivity index is 1.93. The molecule has 0 heterocycles. The van der Waals surface area contributed by atoms with Crippen molar-refractivity contribution >= 4 is 29.7 Å². The van der Waals surface area contributed by atoms with Crippen LogP contribution in [0.1, 0.15) is 36.2 Å². The second kappa shape index (κ2) is 11.2. The maximum absolute atomic E-state index is 11.9. The van der Waals surface area contributed by atoms with Gasteiger partial charge in [0.2, 0.25) is 0 Å². The van der Waals surface area contributed by atoms with E-state index in [4.69, 9.17) is 9.47 Å². The molecule has 0 aromatic heterocycles. The molecule has 0 aliphatic rings. The van der Waals surface area contributed by atoms with Gasteiger partial charge in [-0.15, -0.1) is 0 Å². The first-order valence-corrected chi connectivity index (χ1v) is 9.32. The van der Waals surface area contributed by atoms with Crippen LogP contribution in [0.4, 0.5) is 5.69 Å². The van der Waals surface area contributed by atoms with Gasteiger partial charge >= 0.3 is 17.8 Å². The monoisotopic (exact) mass is 413 g/mol. The molecule has 0 bridgehead atoms. The highest BCUT2D eigenvalue weighted by molar-refractivity contribution is 6.39. The predicted octanol–water partition coefficient (Wildman–Crippen LogP) is 2.66. The summed E-state index contributed by atoms with van der Waals surface area (Å²) in [5.41, 5.74) is 2.91. The minimum absolute atomic E-state index is 0.0313. The van der Waals surface area contributed by atoms with Crippen LogP contribution in [-0.4, -0.2) is 42.3 Å². The molecule has 2 amide bonds. The topological polar surface area (TPSA) is 126 Å². The van der Waals surface area contributed by atoms with Gasteiger partial charge in [0.1, 0.15) is 17.1 Å². The van der Waals surface area contributed by atoms with Crippen LogP contribution in [0.25, 0.3) is 0 Å². The lowest BCUT2D eigenvalue weighted by atomic mass is 10.1. The van der Waals surface area contributed by atoms with Gasteiger partial charge in [0.05, 0.1) is 19.4 Å². The zero-order valence-corrected chi connectivity index (χ0v) is 16.7. The molecule has 0 atom stereocenters. The quantitative estimate of drug-likeness (QED) is 0.330. The van der Waals surface area contributed by atoms with Crippen LogP contribution in [0.2, 0.25) is 0 Å². The first-order chi connectivity index (χ1) is 14.4. The van der Waals surface area contributed by atoms with E-state index in [-0.39, 0.29) is 11.3 Å². The molecule has 2 aromatic carbocycles. The zero-order valence-electron chi connectivity index (χ0n) is 16.7. The Kier molecular flexibility index (Phi) is 8.37. The van der Waals surface area contributed by atoms with Crippen LogP contribution in [0.5, 0.6) is 11.5 Å². The zero-order chi connectivity index (χ0) is 21.9. The third-order valence-electron chi connectivity index (χ3n) is 3.70. The molecule has 0 radical (unpaired) electrons. The number of anilines is 1. The Bertz CT molecular complexity index is 925. The smallest absolute Gasteiger partial charge is 0.339 e. The number of carbonyl (C=O) groups excluding carboxylic acids is 2. The number of hydrazone groups is 1. The van der Waals surface area contributed by atoms with E-state index >= 15 is 0 Å². The summed E-state index contributed by atoms with van der Waals surface area (Å²) >= 11 is 0. The lowest BCUT2D eigenvalue weighted by Gasteiger charge is -2.08. The van der Waals surface area contributed by atoms with Gasteiger partial charge in [0.25, 0.3) is 0 Å². The van der Waals surface area contributed by atoms with Gasteiger partial charge in [0, 0.05) is 5.69 Å². The van der Waals surface area contributed by atoms with Crippen LogP contribution in [0.15, 0.2) is 47.6 Å². The summed E-state index contributed by atoms with van der Waals surface area (Å²) in [6.07, 6.45) is 2.11. The normalized spacial score (nSPS) is 10.5. The van der Waals surface area contributed by atoms with Crippen molar-refractivity contribution in [3.05, 3.63) is 53.6 Å². The number of aromatic carboxylic acids is 1. The second-order valence-corrected chi connectivity index (χ2v) is 6.02. The number of carboxylic acids is 1. The van der Waals surface area contributed by atoms with Crippen LogP contribution in [0.3, 0.4) is 0 Å². The highest BCUT2D eigenvalue weighted by Gasteiger charge is 2.14. The fourth-order valence-electron chi connectivity index (χ4n) is 2.33. The van der Waals surface area contributed by atoms with Crippen molar-refractivity contribution < 1.29 is 29.0 Å². The van der Waals surface area contributed by atoms with Crippen molar-refractivity contribution in [1.82, 2.24) is 5.43 Å². The fourth-order valence-corrected chi connectivity index (χ4v) is 2.33. The number of carbonyl (C=O) groups is 3. The van der Waals surface area contributed by atoms with Gasteiger partial charge in [0.15, 0.2) is 0 Å². The van der Waals surface area contributed by atoms with Crippen molar-refractivity contribution in [3.63, 3.8) is 0 Å². The second-order valence-electron chi connectivity index (χ2n) is 6.02. The minimum atomic E-state index is -1.15. The van der Waals surface area contributed by atoms with E-state index in [1.54, 1.807) is 37.3 Å². The van der Waals surface area contributed by atoms with E-state index in [1.807, 2.05) is 6.92 Å². The maximum Gasteiger partial charge on any atom is 0.339 e. The number of rotatable bonds is 9. The van der Waals surface area contributed by atoms with Crippen molar-refractivity contribution in [1.29, 1.82) is 0 Å². The molecule has 158 valence electrons. The Morgan fingerprint density at radius 3 is 2.40 bits per heavy atom. The lowest BCUT2D eigenvalue weighted by molar-refractivity contribution is -0.136. The predicted molar refractivity (Wildman–Crippen MR) is 111 cm³/mol. The third kappa shape index (κ3) is 6.62. The molecule has 0 aliphatic carbocycles. The van der Waals surface area contributed by atoms with Gasteiger partial charge in [-0.2, -0.15) is 5.10 Å². The highest BCUT2D eigenvalue weighted by atomic mass is 16.5. The summed E-state index contributed by atoms with van der Waals surface area (Å²) in [4.78, 5) is 35.1. The van der Waals surface area contributed by atoms with Crippen molar-refractivity contribution in [2.75, 3.05) is 18.5 Å². The molecule has 9 heteroatoms. The Morgan fingerprint density at radius 1 is 1.03 bits per heavy atom. The standard InChI is InChI=1S/C21H23N3O6/c1-3-11-30-16-8-6-15(7-9-16)23-19(25)20(26)24-22-13-14-5-10-18(29-4-2)17(12-14)21(27)28/h5-10,12-13H,3-4,11H2,1-2H3,(H,23,25)(H,24,26)(H,27,28)/b22-13-. The molecule has 9 nitrogen and oxygen atoms in total. The summed E-state index contributed by atoms with van der Waals surface area (Å²) in [5, 5.41) is 15.4. The molecule has 0 fully saturated rings. The van der Waals surface area contributed by atoms with Gasteiger partial charge in [-0.1, -0.05) is 6.92 Å². The first kappa shape index (κ1) is 22.4. The summed E-state index contributed by atoms with van der Waals surface area (Å²) in [7, 11) is 0. The summed E-state index contributed by atoms with van der Waals surface area (Å²) < 4.78 is 10.7. The molecular weight excluding hydrogens is 390 g/mol. The van der Waals surface area contributed by atoms with Crippen LogP contribution < -0.4 is 20.2 Å². The molecule has 0 aliphatic heterocycles. The van der Waals surface area contributed by atoms with Crippen LogP contribution in [-0.2, 0) is 9.59 Å². The first-order valence-electron chi connectivity index (χ1n) is 9.32. The van der Waals surface area contributed by atoms with Gasteiger partial charge < -0.3 is 19.9 Å². The third-order valence-corrected chi connectivity index (χ3v) is 3.70. The summed E-state index contributed by atoms with van der Waals surface area (Å²) in [6, 6.07) is 11.0. The molecule has 0 saturated heterocycles. The number of carboxylic acid groups (broad SMARTS) is 1. The maximum atomic E-state index is 11.9. The Labute approximate surface area is 173 Å². The van der Waals surface area contributed by atoms with Crippen LogP contribution >= 0.6 is 0 Å². The van der Waals surface area contributed by atoms with Crippen molar-refractivity contribution in [2.45, 2.75) is 20.3 Å². The number of hydrogen-bond donors (Lipinski definition) is 3. The Morgan fingerprint density at radius 2 is 1.77 bits per heavy atom. The molecule has 3 N–H and O–H groups in total. The SMILES string of the molecule is CCCOc1ccc(NC(=O)C(=O)N/N=C\c2ccc(OCC)c(C(=O)O)c2)cc1. The van der Waals surface area contributed by atoms with E-state index in [9.17, 15) is 19.5 Å². The fraction of sp³-hybridized carbons (Fsp3) is 0.238. The molecule has 0 spiro atoms. The summed E-state index contributed by atoms with van der Waals surface area (Å²) in [6.45, 7) is 4.66. The summed E-state index contributed by atoms with van der Waals surface area (Å²) in [5.74, 6) is -2.12. The molecule has 2 rings (SSSR count).